The topological polar surface area (TPSA) is 189 Å². The first-order valence-corrected chi connectivity index (χ1v) is 26.5. The van der Waals surface area contributed by atoms with Crippen LogP contribution in [-0.2, 0) is 14.3 Å². The second-order valence-corrected chi connectivity index (χ2v) is 18.6. The zero-order chi connectivity index (χ0) is 47.6. The minimum Gasteiger partial charge on any atom is -0.394 e. The van der Waals surface area contributed by atoms with Crippen LogP contribution in [0.5, 0.6) is 0 Å². The lowest BCUT2D eigenvalue weighted by molar-refractivity contribution is -0.303. The molecule has 380 valence electrons. The Kier molecular flexibility index (Phi) is 40.7. The van der Waals surface area contributed by atoms with Crippen molar-refractivity contribution in [2.75, 3.05) is 13.2 Å². The van der Waals surface area contributed by atoms with Crippen molar-refractivity contribution >= 4 is 5.91 Å². The predicted octanol–water partition coefficient (Wildman–Crippen LogP) is 10.1. The van der Waals surface area contributed by atoms with Gasteiger partial charge in [0.1, 0.15) is 36.6 Å². The molecule has 0 radical (unpaired) electrons. The number of ether oxygens (including phenoxy) is 2. The lowest BCUT2D eigenvalue weighted by Crippen LogP contribution is -2.60. The zero-order valence-corrected chi connectivity index (χ0v) is 41.2. The minimum atomic E-state index is -1.67. The summed E-state index contributed by atoms with van der Waals surface area (Å²) in [7, 11) is 0. The maximum Gasteiger partial charge on any atom is 0.249 e. The molecule has 9 atom stereocenters. The maximum atomic E-state index is 13.1. The van der Waals surface area contributed by atoms with Gasteiger partial charge in [-0.15, -0.1) is 0 Å². The van der Waals surface area contributed by atoms with Crippen molar-refractivity contribution in [3.8, 4) is 0 Å². The van der Waals surface area contributed by atoms with E-state index in [0.29, 0.717) is 19.3 Å². The van der Waals surface area contributed by atoms with Gasteiger partial charge in [-0.25, -0.2) is 0 Å². The SMILES string of the molecule is CCCCC/C=C/CC/C=C/CC/C=C/CCCC(O)C(O)C(COC1OC(CO)C(O)C(O)C1O)NC(=O)C(O)CCCCCCCC/C=C\CCCCCCCCCCCCCC. The molecule has 0 aromatic rings. The largest absolute Gasteiger partial charge is 0.394 e. The highest BCUT2D eigenvalue weighted by Gasteiger charge is 2.44. The smallest absolute Gasteiger partial charge is 0.249 e. The van der Waals surface area contributed by atoms with Crippen LogP contribution in [0.1, 0.15) is 219 Å². The second kappa shape index (κ2) is 43.4. The van der Waals surface area contributed by atoms with E-state index in [1.807, 2.05) is 0 Å². The fourth-order valence-corrected chi connectivity index (χ4v) is 8.17. The first kappa shape index (κ1) is 61.1. The van der Waals surface area contributed by atoms with Gasteiger partial charge < -0.3 is 50.5 Å². The van der Waals surface area contributed by atoms with E-state index in [1.165, 1.54) is 103 Å². The molecule has 0 saturated carbocycles. The van der Waals surface area contributed by atoms with E-state index in [4.69, 9.17) is 9.47 Å². The zero-order valence-electron chi connectivity index (χ0n) is 41.2. The summed E-state index contributed by atoms with van der Waals surface area (Å²) in [5, 5.41) is 75.9. The van der Waals surface area contributed by atoms with Gasteiger partial charge in [-0.05, 0) is 89.9 Å². The standard InChI is InChI=1S/C54H99NO10/c1-3-5-7-9-11-13-15-17-19-21-22-23-24-25-26-28-30-32-34-36-38-40-42-47(58)53(63)55-45(44-64-54-52(62)51(61)50(60)48(43-56)65-54)49(59)46(57)41-39-37-35-33-31-29-27-20-18-16-14-12-10-8-6-4-2/h12,14,20,25-27,33,35,45-52,54,56-62H,3-11,13,15-19,21-24,28-32,34,36-44H2,1-2H3,(H,55,63)/b14-12+,26-25-,27-20+,35-33+. The van der Waals surface area contributed by atoms with Crippen molar-refractivity contribution < 1.29 is 50.0 Å². The van der Waals surface area contributed by atoms with Crippen LogP contribution in [-0.4, -0.2) is 110 Å². The number of nitrogens with one attached hydrogen (secondary N) is 1. The quantitative estimate of drug-likeness (QED) is 0.0216. The van der Waals surface area contributed by atoms with E-state index in [0.717, 1.165) is 70.6 Å². The number of carbonyl (C=O) groups excluding carboxylic acids is 1. The summed E-state index contributed by atoms with van der Waals surface area (Å²) in [5.74, 6) is -0.718. The highest BCUT2D eigenvalue weighted by molar-refractivity contribution is 5.80. The number of carbonyl (C=O) groups is 1. The number of amides is 1. The van der Waals surface area contributed by atoms with Crippen LogP contribution in [0.4, 0.5) is 0 Å². The third-order valence-electron chi connectivity index (χ3n) is 12.6. The number of unbranched alkanes of at least 4 members (excludes halogenated alkanes) is 24. The highest BCUT2D eigenvalue weighted by Crippen LogP contribution is 2.23. The Morgan fingerprint density at radius 3 is 1.40 bits per heavy atom. The summed E-state index contributed by atoms with van der Waals surface area (Å²) in [4.78, 5) is 13.1. The van der Waals surface area contributed by atoms with Crippen molar-refractivity contribution in [3.63, 3.8) is 0 Å². The van der Waals surface area contributed by atoms with Crippen molar-refractivity contribution in [1.82, 2.24) is 5.32 Å². The van der Waals surface area contributed by atoms with Crippen LogP contribution in [0.3, 0.4) is 0 Å². The molecule has 1 saturated heterocycles. The first-order chi connectivity index (χ1) is 31.7. The average Bonchev–Trinajstić information content (AvgIpc) is 3.31. The van der Waals surface area contributed by atoms with Gasteiger partial charge in [0.05, 0.1) is 25.4 Å². The summed E-state index contributed by atoms with van der Waals surface area (Å²) in [6.07, 6.45) is 41.6. The second-order valence-electron chi connectivity index (χ2n) is 18.6. The Morgan fingerprint density at radius 2 is 0.923 bits per heavy atom. The molecule has 0 aromatic carbocycles. The number of aliphatic hydroxyl groups excluding tert-OH is 7. The summed E-state index contributed by atoms with van der Waals surface area (Å²) in [5.41, 5.74) is 0. The van der Waals surface area contributed by atoms with Crippen molar-refractivity contribution in [3.05, 3.63) is 48.6 Å². The minimum absolute atomic E-state index is 0.238. The van der Waals surface area contributed by atoms with Crippen molar-refractivity contribution in [2.45, 2.75) is 274 Å². The van der Waals surface area contributed by atoms with Gasteiger partial charge in [-0.2, -0.15) is 0 Å². The molecule has 1 heterocycles. The highest BCUT2D eigenvalue weighted by atomic mass is 16.7. The van der Waals surface area contributed by atoms with Gasteiger partial charge in [-0.3, -0.25) is 4.79 Å². The maximum absolute atomic E-state index is 13.1. The predicted molar refractivity (Wildman–Crippen MR) is 265 cm³/mol. The molecule has 0 aliphatic carbocycles. The van der Waals surface area contributed by atoms with Crippen molar-refractivity contribution in [1.29, 1.82) is 0 Å². The Bertz CT molecular complexity index is 1190. The molecule has 9 unspecified atom stereocenters. The van der Waals surface area contributed by atoms with Gasteiger partial charge in [0.25, 0.3) is 0 Å². The van der Waals surface area contributed by atoms with Gasteiger partial charge in [0.15, 0.2) is 6.29 Å². The number of aliphatic hydroxyl groups is 7. The molecule has 0 spiro atoms. The fourth-order valence-electron chi connectivity index (χ4n) is 8.17. The Balaban J connectivity index is 2.40. The molecule has 11 nitrogen and oxygen atoms in total. The molecule has 65 heavy (non-hydrogen) atoms. The molecule has 0 bridgehead atoms. The van der Waals surface area contributed by atoms with E-state index in [2.05, 4.69) is 67.8 Å². The molecular weight excluding hydrogens is 823 g/mol. The van der Waals surface area contributed by atoms with Crippen LogP contribution in [0, 0.1) is 0 Å². The lowest BCUT2D eigenvalue weighted by atomic mass is 9.98. The molecule has 1 amide bonds. The Hall–Kier alpha value is -1.93. The van der Waals surface area contributed by atoms with E-state index in [1.54, 1.807) is 0 Å². The van der Waals surface area contributed by atoms with Crippen LogP contribution in [0.25, 0.3) is 0 Å². The van der Waals surface area contributed by atoms with Gasteiger partial charge >= 0.3 is 0 Å². The van der Waals surface area contributed by atoms with Crippen LogP contribution in [0.15, 0.2) is 48.6 Å². The number of hydrogen-bond donors (Lipinski definition) is 8. The third-order valence-corrected chi connectivity index (χ3v) is 12.6. The van der Waals surface area contributed by atoms with Gasteiger partial charge in [0, 0.05) is 0 Å². The Labute approximate surface area is 396 Å². The van der Waals surface area contributed by atoms with Gasteiger partial charge in [0.2, 0.25) is 5.91 Å². The van der Waals surface area contributed by atoms with E-state index >= 15 is 0 Å². The molecule has 1 rings (SSSR count). The molecule has 1 fully saturated rings. The lowest BCUT2D eigenvalue weighted by Gasteiger charge is -2.40. The number of hydrogen-bond acceptors (Lipinski definition) is 10. The summed E-state index contributed by atoms with van der Waals surface area (Å²) >= 11 is 0. The van der Waals surface area contributed by atoms with E-state index < -0.39 is 74.2 Å². The Morgan fingerprint density at radius 1 is 0.523 bits per heavy atom. The van der Waals surface area contributed by atoms with E-state index in [9.17, 15) is 40.5 Å². The normalized spacial score (nSPS) is 21.3. The molecule has 0 aromatic heterocycles. The van der Waals surface area contributed by atoms with Crippen LogP contribution < -0.4 is 5.32 Å². The molecule has 1 aliphatic rings. The molecule has 1 aliphatic heterocycles. The fraction of sp³-hybridized carbons (Fsp3) is 0.833. The van der Waals surface area contributed by atoms with E-state index in [-0.39, 0.29) is 12.8 Å². The summed E-state index contributed by atoms with van der Waals surface area (Å²) in [6.45, 7) is 3.40. The number of rotatable bonds is 44. The van der Waals surface area contributed by atoms with Gasteiger partial charge in [-0.1, -0.05) is 178 Å². The molecule has 11 heteroatoms. The first-order valence-electron chi connectivity index (χ1n) is 26.5. The van der Waals surface area contributed by atoms with Crippen LogP contribution in [0.2, 0.25) is 0 Å². The van der Waals surface area contributed by atoms with Crippen LogP contribution >= 0.6 is 0 Å². The molecule has 8 N–H and O–H groups in total. The third kappa shape index (κ3) is 32.5. The summed E-state index contributed by atoms with van der Waals surface area (Å²) < 4.78 is 11.1. The summed E-state index contributed by atoms with van der Waals surface area (Å²) in [6, 6.07) is -1.20. The molecular formula is C54H99NO10. The monoisotopic (exact) mass is 922 g/mol. The average molecular weight is 922 g/mol. The van der Waals surface area contributed by atoms with Crippen molar-refractivity contribution in [2.24, 2.45) is 0 Å². The number of allylic oxidation sites excluding steroid dienone is 8.